The number of carboxylic acid groups (broad SMARTS) is 1. The van der Waals surface area contributed by atoms with E-state index in [0.717, 1.165) is 37.1 Å². The van der Waals surface area contributed by atoms with E-state index in [9.17, 15) is 9.59 Å². The maximum absolute atomic E-state index is 12.0. The second kappa shape index (κ2) is 7.05. The molecular weight excluding hydrogens is 256 g/mol. The molecule has 20 heavy (non-hydrogen) atoms. The van der Waals surface area contributed by atoms with Crippen molar-refractivity contribution in [1.29, 1.82) is 0 Å². The van der Waals surface area contributed by atoms with Crippen molar-refractivity contribution in [2.45, 2.75) is 25.8 Å². The molecule has 1 heterocycles. The van der Waals surface area contributed by atoms with Gasteiger partial charge in [-0.25, -0.2) is 0 Å². The Bertz CT molecular complexity index is 482. The number of rotatable bonds is 5. The van der Waals surface area contributed by atoms with Crippen molar-refractivity contribution in [3.8, 4) is 0 Å². The zero-order valence-corrected chi connectivity index (χ0v) is 11.4. The van der Waals surface area contributed by atoms with Crippen molar-refractivity contribution in [3.05, 3.63) is 35.4 Å². The predicted molar refractivity (Wildman–Crippen MR) is 75.2 cm³/mol. The van der Waals surface area contributed by atoms with Crippen molar-refractivity contribution in [1.82, 2.24) is 10.6 Å². The van der Waals surface area contributed by atoms with Gasteiger partial charge in [-0.1, -0.05) is 24.3 Å². The summed E-state index contributed by atoms with van der Waals surface area (Å²) in [5.74, 6) is -0.794. The minimum Gasteiger partial charge on any atom is -0.481 e. The Morgan fingerprint density at radius 3 is 2.70 bits per heavy atom. The van der Waals surface area contributed by atoms with Gasteiger partial charge < -0.3 is 15.7 Å². The van der Waals surface area contributed by atoms with Gasteiger partial charge in [0.2, 0.25) is 5.91 Å². The van der Waals surface area contributed by atoms with Gasteiger partial charge in [0.1, 0.15) is 0 Å². The minimum absolute atomic E-state index is 0.0168. The van der Waals surface area contributed by atoms with Crippen molar-refractivity contribution in [2.75, 3.05) is 13.1 Å². The van der Waals surface area contributed by atoms with E-state index in [2.05, 4.69) is 10.6 Å². The predicted octanol–water partition coefficient (Wildman–Crippen LogP) is 0.930. The van der Waals surface area contributed by atoms with Crippen LogP contribution in [0.4, 0.5) is 0 Å². The lowest BCUT2D eigenvalue weighted by Gasteiger charge is -2.22. The molecule has 1 aliphatic heterocycles. The third kappa shape index (κ3) is 4.06. The summed E-state index contributed by atoms with van der Waals surface area (Å²) in [6, 6.07) is 7.32. The second-order valence-electron chi connectivity index (χ2n) is 5.10. The highest BCUT2D eigenvalue weighted by atomic mass is 16.4. The van der Waals surface area contributed by atoms with E-state index in [4.69, 9.17) is 5.11 Å². The van der Waals surface area contributed by atoms with Crippen LogP contribution in [0.15, 0.2) is 24.3 Å². The van der Waals surface area contributed by atoms with Crippen LogP contribution in [0, 0.1) is 5.92 Å². The van der Waals surface area contributed by atoms with Crippen LogP contribution in [0.1, 0.15) is 24.0 Å². The number of piperidine rings is 1. The van der Waals surface area contributed by atoms with Gasteiger partial charge in [-0.15, -0.1) is 0 Å². The molecule has 1 aromatic rings. The van der Waals surface area contributed by atoms with Gasteiger partial charge in [-0.05, 0) is 30.5 Å². The Balaban J connectivity index is 1.92. The van der Waals surface area contributed by atoms with E-state index >= 15 is 0 Å². The molecule has 0 saturated carbocycles. The third-order valence-corrected chi connectivity index (χ3v) is 3.58. The molecule has 0 unspecified atom stereocenters. The number of benzene rings is 1. The third-order valence-electron chi connectivity index (χ3n) is 3.58. The van der Waals surface area contributed by atoms with Crippen molar-refractivity contribution < 1.29 is 14.7 Å². The topological polar surface area (TPSA) is 78.4 Å². The molecule has 3 N–H and O–H groups in total. The molecule has 0 bridgehead atoms. The van der Waals surface area contributed by atoms with Crippen LogP contribution in [-0.2, 0) is 22.6 Å². The van der Waals surface area contributed by atoms with Crippen LogP contribution in [0.3, 0.4) is 0 Å². The normalized spacial score (nSPS) is 18.5. The number of nitrogens with one attached hydrogen (secondary N) is 2. The quantitative estimate of drug-likeness (QED) is 0.747. The summed E-state index contributed by atoms with van der Waals surface area (Å²) in [5, 5.41) is 15.0. The summed E-state index contributed by atoms with van der Waals surface area (Å²) >= 11 is 0. The van der Waals surface area contributed by atoms with E-state index in [1.165, 1.54) is 0 Å². The molecule has 2 rings (SSSR count). The molecule has 108 valence electrons. The summed E-state index contributed by atoms with van der Waals surface area (Å²) in [6.45, 7) is 2.09. The Kier molecular flexibility index (Phi) is 5.12. The van der Waals surface area contributed by atoms with Crippen LogP contribution in [0.25, 0.3) is 0 Å². The van der Waals surface area contributed by atoms with E-state index < -0.39 is 5.97 Å². The highest BCUT2D eigenvalue weighted by Crippen LogP contribution is 2.12. The Morgan fingerprint density at radius 2 is 2.05 bits per heavy atom. The number of amides is 1. The molecule has 5 nitrogen and oxygen atoms in total. The molecule has 1 saturated heterocycles. The number of hydrogen-bond donors (Lipinski definition) is 3. The van der Waals surface area contributed by atoms with Gasteiger partial charge in [0.15, 0.2) is 0 Å². The highest BCUT2D eigenvalue weighted by Gasteiger charge is 2.20. The Hall–Kier alpha value is -1.88. The van der Waals surface area contributed by atoms with Crippen molar-refractivity contribution >= 4 is 11.9 Å². The number of carboxylic acids is 1. The van der Waals surface area contributed by atoms with Gasteiger partial charge in [-0.3, -0.25) is 9.59 Å². The highest BCUT2D eigenvalue weighted by molar-refractivity contribution is 5.79. The maximum Gasteiger partial charge on any atom is 0.307 e. The van der Waals surface area contributed by atoms with E-state index in [-0.39, 0.29) is 18.2 Å². The fraction of sp³-hybridized carbons (Fsp3) is 0.467. The summed E-state index contributed by atoms with van der Waals surface area (Å²) in [6.07, 6.45) is 1.92. The molecule has 1 atom stereocenters. The van der Waals surface area contributed by atoms with Gasteiger partial charge in [0.25, 0.3) is 0 Å². The van der Waals surface area contributed by atoms with Gasteiger partial charge in [-0.2, -0.15) is 0 Å². The minimum atomic E-state index is -0.861. The van der Waals surface area contributed by atoms with Gasteiger partial charge >= 0.3 is 5.97 Å². The number of carbonyl (C=O) groups excluding carboxylic acids is 1. The summed E-state index contributed by atoms with van der Waals surface area (Å²) in [7, 11) is 0. The fourth-order valence-electron chi connectivity index (χ4n) is 2.47. The Morgan fingerprint density at radius 1 is 1.30 bits per heavy atom. The molecule has 0 spiro atoms. The first-order chi connectivity index (χ1) is 9.66. The zero-order valence-electron chi connectivity index (χ0n) is 11.4. The number of hydrogen-bond acceptors (Lipinski definition) is 3. The van der Waals surface area contributed by atoms with Gasteiger partial charge in [0.05, 0.1) is 12.3 Å². The van der Waals surface area contributed by atoms with Gasteiger partial charge in [0, 0.05) is 13.1 Å². The number of carbonyl (C=O) groups is 2. The van der Waals surface area contributed by atoms with E-state index in [1.54, 1.807) is 6.07 Å². The molecule has 1 amide bonds. The molecule has 5 heteroatoms. The molecule has 0 aliphatic carbocycles. The molecular formula is C15H20N2O3. The summed E-state index contributed by atoms with van der Waals surface area (Å²) in [5.41, 5.74) is 1.62. The van der Waals surface area contributed by atoms with Crippen molar-refractivity contribution in [3.63, 3.8) is 0 Å². The number of aliphatic carboxylic acids is 1. The largest absolute Gasteiger partial charge is 0.481 e. The smallest absolute Gasteiger partial charge is 0.307 e. The van der Waals surface area contributed by atoms with Crippen LogP contribution in [0.2, 0.25) is 0 Å². The lowest BCUT2D eigenvalue weighted by molar-refractivity contribution is -0.136. The second-order valence-corrected chi connectivity index (χ2v) is 5.10. The fourth-order valence-corrected chi connectivity index (χ4v) is 2.47. The van der Waals surface area contributed by atoms with Crippen LogP contribution < -0.4 is 10.6 Å². The average Bonchev–Trinajstić information content (AvgIpc) is 2.46. The van der Waals surface area contributed by atoms with Crippen LogP contribution in [-0.4, -0.2) is 30.1 Å². The van der Waals surface area contributed by atoms with Crippen LogP contribution >= 0.6 is 0 Å². The standard InChI is InChI=1S/C15H20N2O3/c18-14(19)8-11-4-1-2-5-12(11)10-17-15(20)13-6-3-7-16-9-13/h1-2,4-5,13,16H,3,6-10H2,(H,17,20)(H,18,19)/t13-/m1/s1. The van der Waals surface area contributed by atoms with Crippen molar-refractivity contribution in [2.24, 2.45) is 5.92 Å². The van der Waals surface area contributed by atoms with E-state index in [1.807, 2.05) is 18.2 Å². The SMILES string of the molecule is O=C(O)Cc1ccccc1CNC(=O)[C@@H]1CCCNC1. The first kappa shape index (κ1) is 14.5. The van der Waals surface area contributed by atoms with E-state index in [0.29, 0.717) is 6.54 Å². The summed E-state index contributed by atoms with van der Waals surface area (Å²) < 4.78 is 0. The lowest BCUT2D eigenvalue weighted by atomic mass is 9.98. The lowest BCUT2D eigenvalue weighted by Crippen LogP contribution is -2.40. The monoisotopic (exact) mass is 276 g/mol. The molecule has 1 aliphatic rings. The molecule has 0 radical (unpaired) electrons. The first-order valence-corrected chi connectivity index (χ1v) is 6.94. The Labute approximate surface area is 118 Å². The zero-order chi connectivity index (χ0) is 14.4. The average molecular weight is 276 g/mol. The summed E-state index contributed by atoms with van der Waals surface area (Å²) in [4.78, 5) is 22.8. The molecule has 1 aromatic carbocycles. The molecule has 0 aromatic heterocycles. The molecule has 1 fully saturated rings. The van der Waals surface area contributed by atoms with Crippen LogP contribution in [0.5, 0.6) is 0 Å². The first-order valence-electron chi connectivity index (χ1n) is 6.94. The maximum atomic E-state index is 12.0.